The normalized spacial score (nSPS) is 11.2. The third kappa shape index (κ3) is 1.67. The molecule has 2 aromatic carbocycles. The molecule has 0 radical (unpaired) electrons. The number of nitrogens with zero attached hydrogens (tertiary/aromatic N) is 3. The lowest BCUT2D eigenvalue weighted by Crippen LogP contribution is -1.86. The molecule has 0 amide bonds. The zero-order chi connectivity index (χ0) is 13.5. The van der Waals surface area contributed by atoms with Gasteiger partial charge in [-0.3, -0.25) is 0 Å². The molecule has 0 aliphatic carbocycles. The fourth-order valence-corrected chi connectivity index (χ4v) is 2.53. The smallest absolute Gasteiger partial charge is 0.194 e. The predicted octanol–water partition coefficient (Wildman–Crippen LogP) is 3.73. The maximum absolute atomic E-state index is 5.55. The van der Waals surface area contributed by atoms with E-state index in [4.69, 9.17) is 4.52 Å². The van der Waals surface area contributed by atoms with Gasteiger partial charge in [0.25, 0.3) is 0 Å². The largest absolute Gasteiger partial charge is 0.353 e. The minimum atomic E-state index is 0.615. The van der Waals surface area contributed by atoms with Crippen LogP contribution in [0.4, 0.5) is 0 Å². The predicted molar refractivity (Wildman–Crippen MR) is 79.8 cm³/mol. The Kier molecular flexibility index (Phi) is 2.47. The molecule has 0 fully saturated rings. The first-order valence-electron chi connectivity index (χ1n) is 6.11. The first kappa shape index (κ1) is 11.4. The van der Waals surface area contributed by atoms with Crippen LogP contribution in [0.15, 0.2) is 58.2 Å². The van der Waals surface area contributed by atoms with E-state index in [2.05, 4.69) is 27.8 Å². The van der Waals surface area contributed by atoms with E-state index in [1.165, 1.54) is 6.33 Å². The van der Waals surface area contributed by atoms with Crippen LogP contribution in [0, 0.1) is 0 Å². The van der Waals surface area contributed by atoms with E-state index >= 15 is 0 Å². The van der Waals surface area contributed by atoms with Crippen LogP contribution in [-0.2, 0) is 0 Å². The maximum Gasteiger partial charge on any atom is 0.194 e. The van der Waals surface area contributed by atoms with E-state index in [1.54, 1.807) is 0 Å². The standard InChI is InChI=1S/C15H9N3OS/c20-13-7-12-14(17-8-16-12)15-10(13)6-11(18-19-15)9-4-2-1-3-5-9/h1-8,20H. The molecule has 2 heterocycles. The highest BCUT2D eigenvalue weighted by molar-refractivity contribution is 7.80. The van der Waals surface area contributed by atoms with Gasteiger partial charge in [0.15, 0.2) is 5.58 Å². The third-order valence-electron chi connectivity index (χ3n) is 3.22. The van der Waals surface area contributed by atoms with Gasteiger partial charge in [-0.05, 0) is 12.1 Å². The minimum absolute atomic E-state index is 0.615. The molecule has 0 saturated heterocycles. The fraction of sp³-hybridized carbons (Fsp3) is 0. The molecule has 0 N–H and O–H groups in total. The molecular weight excluding hydrogens is 270 g/mol. The number of fused-ring (bicyclic) bond motifs is 3. The van der Waals surface area contributed by atoms with Crippen molar-refractivity contribution in [2.75, 3.05) is 0 Å². The van der Waals surface area contributed by atoms with Crippen molar-refractivity contribution in [2.45, 2.75) is 4.90 Å². The van der Waals surface area contributed by atoms with Crippen LogP contribution >= 0.6 is 12.6 Å². The number of rotatable bonds is 1. The Morgan fingerprint density at radius 2 is 1.85 bits per heavy atom. The van der Waals surface area contributed by atoms with Gasteiger partial charge in [0.2, 0.25) is 0 Å². The Hall–Kier alpha value is -2.40. The monoisotopic (exact) mass is 279 g/mol. The summed E-state index contributed by atoms with van der Waals surface area (Å²) in [5, 5.41) is 5.06. The van der Waals surface area contributed by atoms with E-state index < -0.39 is 0 Å². The zero-order valence-corrected chi connectivity index (χ0v) is 11.2. The van der Waals surface area contributed by atoms with Crippen molar-refractivity contribution in [1.29, 1.82) is 0 Å². The Labute approximate surface area is 119 Å². The fourth-order valence-electron chi connectivity index (χ4n) is 2.24. The van der Waals surface area contributed by atoms with E-state index in [-0.39, 0.29) is 0 Å². The molecule has 2 aromatic heterocycles. The number of imidazole rings is 1. The number of thiol groups is 1. The van der Waals surface area contributed by atoms with Crippen molar-refractivity contribution < 1.29 is 4.52 Å². The molecule has 0 spiro atoms. The number of hydrogen-bond donors (Lipinski definition) is 1. The molecule has 5 heteroatoms. The molecule has 4 rings (SSSR count). The molecule has 4 aromatic rings. The SMILES string of the molecule is Sc1cc2ncnc2c2onc(-c3ccccc3)cc12. The van der Waals surface area contributed by atoms with Gasteiger partial charge in [-0.1, -0.05) is 35.5 Å². The molecule has 20 heavy (non-hydrogen) atoms. The lowest BCUT2D eigenvalue weighted by atomic mass is 10.1. The first-order valence-corrected chi connectivity index (χ1v) is 6.56. The average Bonchev–Trinajstić information content (AvgIpc) is 2.96. The highest BCUT2D eigenvalue weighted by atomic mass is 32.1. The van der Waals surface area contributed by atoms with Crippen molar-refractivity contribution >= 4 is 34.6 Å². The Morgan fingerprint density at radius 1 is 1.00 bits per heavy atom. The van der Waals surface area contributed by atoms with Gasteiger partial charge in [-0.2, -0.15) is 0 Å². The van der Waals surface area contributed by atoms with Crippen molar-refractivity contribution in [2.24, 2.45) is 0 Å². The van der Waals surface area contributed by atoms with Crippen LogP contribution in [0.5, 0.6) is 0 Å². The molecule has 4 nitrogen and oxygen atoms in total. The average molecular weight is 279 g/mol. The summed E-state index contributed by atoms with van der Waals surface area (Å²) in [6.07, 6.45) is 1.51. The van der Waals surface area contributed by atoms with E-state index in [0.29, 0.717) is 11.1 Å². The summed E-state index contributed by atoms with van der Waals surface area (Å²) in [5.74, 6) is 0. The van der Waals surface area contributed by atoms with Crippen molar-refractivity contribution in [3.05, 3.63) is 48.8 Å². The van der Waals surface area contributed by atoms with Gasteiger partial charge in [-0.25, -0.2) is 9.97 Å². The van der Waals surface area contributed by atoms with Crippen LogP contribution in [0.25, 0.3) is 33.3 Å². The lowest BCUT2D eigenvalue weighted by Gasteiger charge is -2.04. The summed E-state index contributed by atoms with van der Waals surface area (Å²) in [7, 11) is 0. The van der Waals surface area contributed by atoms with Crippen LogP contribution < -0.4 is 0 Å². The zero-order valence-electron chi connectivity index (χ0n) is 10.3. The van der Waals surface area contributed by atoms with Crippen LogP contribution in [0.3, 0.4) is 0 Å². The van der Waals surface area contributed by atoms with Gasteiger partial charge in [-0.15, -0.1) is 12.6 Å². The van der Waals surface area contributed by atoms with Crippen molar-refractivity contribution in [1.82, 2.24) is 15.1 Å². The summed E-state index contributed by atoms with van der Waals surface area (Å²) in [4.78, 5) is 9.18. The highest BCUT2D eigenvalue weighted by Crippen LogP contribution is 2.31. The molecule has 96 valence electrons. The summed E-state index contributed by atoms with van der Waals surface area (Å²) in [6, 6.07) is 13.7. The van der Waals surface area contributed by atoms with Crippen molar-refractivity contribution in [3.63, 3.8) is 0 Å². The summed E-state index contributed by atoms with van der Waals surface area (Å²) < 4.78 is 5.55. The Bertz CT molecular complexity index is 918. The van der Waals surface area contributed by atoms with Gasteiger partial charge in [0, 0.05) is 15.8 Å². The molecule has 0 atom stereocenters. The Balaban J connectivity index is 2.04. The van der Waals surface area contributed by atoms with Gasteiger partial charge >= 0.3 is 0 Å². The summed E-state index contributed by atoms with van der Waals surface area (Å²) in [6.45, 7) is 0. The minimum Gasteiger partial charge on any atom is -0.353 e. The molecular formula is C15H9N3OS. The second kappa shape index (κ2) is 4.31. The summed E-state index contributed by atoms with van der Waals surface area (Å²) in [5.41, 5.74) is 3.86. The quantitative estimate of drug-likeness (QED) is 0.539. The Morgan fingerprint density at radius 3 is 2.70 bits per heavy atom. The van der Waals surface area contributed by atoms with E-state index in [0.717, 1.165) is 27.1 Å². The maximum atomic E-state index is 5.55. The number of benzene rings is 2. The summed E-state index contributed by atoms with van der Waals surface area (Å²) >= 11 is 4.51. The van der Waals surface area contributed by atoms with Gasteiger partial charge < -0.3 is 4.52 Å². The number of hydrogen-bond acceptors (Lipinski definition) is 5. The second-order valence-corrected chi connectivity index (χ2v) is 4.94. The molecule has 0 bridgehead atoms. The van der Waals surface area contributed by atoms with Gasteiger partial charge in [0.1, 0.15) is 17.5 Å². The van der Waals surface area contributed by atoms with E-state index in [9.17, 15) is 0 Å². The van der Waals surface area contributed by atoms with Crippen LogP contribution in [-0.4, -0.2) is 15.1 Å². The van der Waals surface area contributed by atoms with Crippen molar-refractivity contribution in [3.8, 4) is 11.3 Å². The van der Waals surface area contributed by atoms with Gasteiger partial charge in [0.05, 0.1) is 5.52 Å². The topological polar surface area (TPSA) is 51.8 Å². The highest BCUT2D eigenvalue weighted by Gasteiger charge is 2.12. The third-order valence-corrected chi connectivity index (χ3v) is 3.59. The van der Waals surface area contributed by atoms with E-state index in [1.807, 2.05) is 42.5 Å². The second-order valence-electron chi connectivity index (χ2n) is 4.46. The molecule has 0 aliphatic heterocycles. The first-order chi connectivity index (χ1) is 9.83. The lowest BCUT2D eigenvalue weighted by molar-refractivity contribution is 0.448. The molecule has 0 unspecified atom stereocenters. The molecule has 0 aliphatic rings. The molecule has 0 saturated carbocycles. The van der Waals surface area contributed by atoms with Crippen LogP contribution in [0.2, 0.25) is 0 Å². The number of aromatic nitrogens is 3. The van der Waals surface area contributed by atoms with Crippen LogP contribution in [0.1, 0.15) is 0 Å².